The SMILES string of the molecule is CC=CCOc1ccc(C(C)=O)cc1. The molecule has 0 heterocycles. The van der Waals surface area contributed by atoms with E-state index in [4.69, 9.17) is 4.74 Å². The molecule has 1 aromatic carbocycles. The summed E-state index contributed by atoms with van der Waals surface area (Å²) in [6.45, 7) is 4.06. The Morgan fingerprint density at radius 1 is 1.36 bits per heavy atom. The molecule has 0 radical (unpaired) electrons. The molecule has 2 heteroatoms. The Morgan fingerprint density at radius 3 is 2.50 bits per heavy atom. The van der Waals surface area contributed by atoms with E-state index in [-0.39, 0.29) is 5.78 Å². The number of hydrogen-bond acceptors (Lipinski definition) is 2. The summed E-state index contributed by atoms with van der Waals surface area (Å²) in [5.41, 5.74) is 0.711. The minimum atomic E-state index is 0.0741. The summed E-state index contributed by atoms with van der Waals surface area (Å²) in [7, 11) is 0. The van der Waals surface area contributed by atoms with Crippen LogP contribution in [0, 0.1) is 0 Å². The maximum absolute atomic E-state index is 11.0. The van der Waals surface area contributed by atoms with E-state index in [1.54, 1.807) is 31.2 Å². The fourth-order valence-corrected chi connectivity index (χ4v) is 1.03. The summed E-state index contributed by atoms with van der Waals surface area (Å²) >= 11 is 0. The van der Waals surface area contributed by atoms with Gasteiger partial charge in [-0.1, -0.05) is 12.2 Å². The molecule has 0 saturated carbocycles. The summed E-state index contributed by atoms with van der Waals surface area (Å²) in [6.07, 6.45) is 3.86. The third kappa shape index (κ3) is 3.05. The monoisotopic (exact) mass is 190 g/mol. The van der Waals surface area contributed by atoms with Gasteiger partial charge in [0.2, 0.25) is 0 Å². The first-order valence-corrected chi connectivity index (χ1v) is 4.59. The van der Waals surface area contributed by atoms with E-state index in [1.165, 1.54) is 0 Å². The molecule has 0 saturated heterocycles. The predicted octanol–water partition coefficient (Wildman–Crippen LogP) is 2.84. The first-order chi connectivity index (χ1) is 6.74. The molecule has 0 unspecified atom stereocenters. The second-order valence-electron chi connectivity index (χ2n) is 2.96. The van der Waals surface area contributed by atoms with E-state index in [0.29, 0.717) is 12.2 Å². The molecule has 1 aromatic rings. The molecule has 0 fully saturated rings. The highest BCUT2D eigenvalue weighted by Crippen LogP contribution is 2.12. The van der Waals surface area contributed by atoms with Gasteiger partial charge in [-0.25, -0.2) is 0 Å². The van der Waals surface area contributed by atoms with Gasteiger partial charge in [-0.3, -0.25) is 4.79 Å². The van der Waals surface area contributed by atoms with E-state index in [2.05, 4.69) is 0 Å². The highest BCUT2D eigenvalue weighted by atomic mass is 16.5. The average Bonchev–Trinajstić information content (AvgIpc) is 2.19. The number of Topliss-reactive ketones (excluding diaryl/α,β-unsaturated/α-hetero) is 1. The Balaban J connectivity index is 2.59. The normalized spacial score (nSPS) is 10.4. The van der Waals surface area contributed by atoms with Crippen LogP contribution in [-0.2, 0) is 0 Å². The molecule has 0 N–H and O–H groups in total. The van der Waals surface area contributed by atoms with E-state index < -0.39 is 0 Å². The third-order valence-corrected chi connectivity index (χ3v) is 1.84. The first-order valence-electron chi connectivity index (χ1n) is 4.59. The molecule has 2 nitrogen and oxygen atoms in total. The van der Waals surface area contributed by atoms with Gasteiger partial charge in [0.1, 0.15) is 12.4 Å². The first kappa shape index (κ1) is 10.5. The van der Waals surface area contributed by atoms with Gasteiger partial charge in [0.25, 0.3) is 0 Å². The van der Waals surface area contributed by atoms with Crippen LogP contribution in [0.2, 0.25) is 0 Å². The third-order valence-electron chi connectivity index (χ3n) is 1.84. The van der Waals surface area contributed by atoms with Gasteiger partial charge in [0.15, 0.2) is 5.78 Å². The minimum Gasteiger partial charge on any atom is -0.490 e. The van der Waals surface area contributed by atoms with E-state index in [0.717, 1.165) is 5.75 Å². The highest BCUT2D eigenvalue weighted by Gasteiger charge is 1.98. The number of allylic oxidation sites excluding steroid dienone is 1. The van der Waals surface area contributed by atoms with E-state index in [9.17, 15) is 4.79 Å². The predicted molar refractivity (Wildman–Crippen MR) is 56.8 cm³/mol. The number of carbonyl (C=O) groups is 1. The quantitative estimate of drug-likeness (QED) is 0.539. The summed E-state index contributed by atoms with van der Waals surface area (Å²) in [5.74, 6) is 0.859. The maximum Gasteiger partial charge on any atom is 0.159 e. The summed E-state index contributed by atoms with van der Waals surface area (Å²) in [4.78, 5) is 11.0. The van der Waals surface area contributed by atoms with Gasteiger partial charge in [-0.2, -0.15) is 0 Å². The van der Waals surface area contributed by atoms with Crippen molar-refractivity contribution in [2.45, 2.75) is 13.8 Å². The van der Waals surface area contributed by atoms with Crippen molar-refractivity contribution in [3.63, 3.8) is 0 Å². The molecule has 14 heavy (non-hydrogen) atoms. The molecule has 0 atom stereocenters. The molecular weight excluding hydrogens is 176 g/mol. The van der Waals surface area contributed by atoms with Gasteiger partial charge >= 0.3 is 0 Å². The molecule has 0 aliphatic heterocycles. The lowest BCUT2D eigenvalue weighted by Crippen LogP contribution is -1.95. The average molecular weight is 190 g/mol. The van der Waals surface area contributed by atoms with Gasteiger partial charge in [0, 0.05) is 5.56 Å². The van der Waals surface area contributed by atoms with Crippen molar-refractivity contribution in [1.82, 2.24) is 0 Å². The second-order valence-corrected chi connectivity index (χ2v) is 2.96. The fourth-order valence-electron chi connectivity index (χ4n) is 1.03. The van der Waals surface area contributed by atoms with Crippen LogP contribution in [-0.4, -0.2) is 12.4 Å². The van der Waals surface area contributed by atoms with Crippen molar-refractivity contribution in [2.24, 2.45) is 0 Å². The minimum absolute atomic E-state index is 0.0741. The Labute approximate surface area is 84.2 Å². The largest absolute Gasteiger partial charge is 0.490 e. The number of rotatable bonds is 4. The van der Waals surface area contributed by atoms with Gasteiger partial charge in [-0.15, -0.1) is 0 Å². The van der Waals surface area contributed by atoms with Crippen molar-refractivity contribution in [1.29, 1.82) is 0 Å². The lowest BCUT2D eigenvalue weighted by Gasteiger charge is -2.03. The topological polar surface area (TPSA) is 26.3 Å². The Morgan fingerprint density at radius 2 is 2.00 bits per heavy atom. The molecule has 0 aromatic heterocycles. The van der Waals surface area contributed by atoms with Gasteiger partial charge < -0.3 is 4.74 Å². The Bertz CT molecular complexity index is 323. The van der Waals surface area contributed by atoms with Crippen LogP contribution in [0.4, 0.5) is 0 Å². The van der Waals surface area contributed by atoms with Crippen LogP contribution < -0.4 is 4.74 Å². The van der Waals surface area contributed by atoms with Crippen molar-refractivity contribution in [2.75, 3.05) is 6.61 Å². The number of hydrogen-bond donors (Lipinski definition) is 0. The molecular formula is C12H14O2. The second kappa shape index (κ2) is 5.22. The van der Waals surface area contributed by atoms with Crippen LogP contribution in [0.25, 0.3) is 0 Å². The lowest BCUT2D eigenvalue weighted by molar-refractivity contribution is 0.101. The molecule has 74 valence electrons. The van der Waals surface area contributed by atoms with Crippen molar-refractivity contribution in [3.8, 4) is 5.75 Å². The van der Waals surface area contributed by atoms with Crippen molar-refractivity contribution < 1.29 is 9.53 Å². The van der Waals surface area contributed by atoms with Gasteiger partial charge in [0.05, 0.1) is 0 Å². The maximum atomic E-state index is 11.0. The molecule has 0 spiro atoms. The van der Waals surface area contributed by atoms with E-state index in [1.807, 2.05) is 19.1 Å². The number of benzene rings is 1. The number of ether oxygens (including phenoxy) is 1. The summed E-state index contributed by atoms with van der Waals surface area (Å²) in [5, 5.41) is 0. The van der Waals surface area contributed by atoms with Crippen LogP contribution in [0.5, 0.6) is 5.75 Å². The van der Waals surface area contributed by atoms with Gasteiger partial charge in [-0.05, 0) is 38.1 Å². The number of carbonyl (C=O) groups excluding carboxylic acids is 1. The van der Waals surface area contributed by atoms with Crippen LogP contribution in [0.3, 0.4) is 0 Å². The fraction of sp³-hybridized carbons (Fsp3) is 0.250. The zero-order valence-electron chi connectivity index (χ0n) is 8.49. The van der Waals surface area contributed by atoms with Crippen LogP contribution in [0.1, 0.15) is 24.2 Å². The molecule has 0 bridgehead atoms. The number of ketones is 1. The van der Waals surface area contributed by atoms with E-state index >= 15 is 0 Å². The Hall–Kier alpha value is -1.57. The standard InChI is InChI=1S/C12H14O2/c1-3-4-9-14-12-7-5-11(6-8-12)10(2)13/h3-8H,9H2,1-2H3. The Kier molecular flexibility index (Phi) is 3.92. The lowest BCUT2D eigenvalue weighted by atomic mass is 10.1. The molecule has 0 amide bonds. The summed E-state index contributed by atoms with van der Waals surface area (Å²) in [6, 6.07) is 7.15. The molecule has 0 aliphatic carbocycles. The smallest absolute Gasteiger partial charge is 0.159 e. The zero-order valence-corrected chi connectivity index (χ0v) is 8.49. The summed E-state index contributed by atoms with van der Waals surface area (Å²) < 4.78 is 5.38. The zero-order chi connectivity index (χ0) is 10.4. The highest BCUT2D eigenvalue weighted by molar-refractivity contribution is 5.94. The van der Waals surface area contributed by atoms with Crippen molar-refractivity contribution in [3.05, 3.63) is 42.0 Å². The van der Waals surface area contributed by atoms with Crippen LogP contribution >= 0.6 is 0 Å². The molecule has 0 aliphatic rings. The van der Waals surface area contributed by atoms with Crippen molar-refractivity contribution >= 4 is 5.78 Å². The molecule has 1 rings (SSSR count). The van der Waals surface area contributed by atoms with Crippen LogP contribution in [0.15, 0.2) is 36.4 Å².